The van der Waals surface area contributed by atoms with Gasteiger partial charge < -0.3 is 15.0 Å². The van der Waals surface area contributed by atoms with Crippen LogP contribution < -0.4 is 10.1 Å². The molecule has 106 valence electrons. The standard InChI is InChI=1S/C15H25N3O/c1-12(2)17-11-13-10-15(6-7-16-13)19-9-8-18(3)14-4-5-14/h6-7,10,12,14,17H,4-5,8-9,11H2,1-3H3. The smallest absolute Gasteiger partial charge is 0.122 e. The summed E-state index contributed by atoms with van der Waals surface area (Å²) in [7, 11) is 2.17. The molecule has 2 rings (SSSR count). The second-order valence-electron chi connectivity index (χ2n) is 5.58. The van der Waals surface area contributed by atoms with E-state index >= 15 is 0 Å². The Morgan fingerprint density at radius 1 is 1.47 bits per heavy atom. The summed E-state index contributed by atoms with van der Waals surface area (Å²) in [6.07, 6.45) is 4.50. The Morgan fingerprint density at radius 2 is 2.26 bits per heavy atom. The quantitative estimate of drug-likeness (QED) is 0.779. The average Bonchev–Trinajstić information content (AvgIpc) is 3.21. The van der Waals surface area contributed by atoms with Crippen molar-refractivity contribution in [3.63, 3.8) is 0 Å². The Balaban J connectivity index is 1.74. The summed E-state index contributed by atoms with van der Waals surface area (Å²) in [4.78, 5) is 6.72. The summed E-state index contributed by atoms with van der Waals surface area (Å²) in [5, 5.41) is 3.36. The summed E-state index contributed by atoms with van der Waals surface area (Å²) >= 11 is 0. The Kier molecular flexibility index (Phi) is 5.16. The van der Waals surface area contributed by atoms with Crippen LogP contribution in [0.4, 0.5) is 0 Å². The van der Waals surface area contributed by atoms with Gasteiger partial charge in [-0.1, -0.05) is 13.8 Å². The predicted molar refractivity (Wildman–Crippen MR) is 77.4 cm³/mol. The highest BCUT2D eigenvalue weighted by molar-refractivity contribution is 5.22. The van der Waals surface area contributed by atoms with Crippen molar-refractivity contribution in [2.45, 2.75) is 45.3 Å². The van der Waals surface area contributed by atoms with Crippen LogP contribution >= 0.6 is 0 Å². The van der Waals surface area contributed by atoms with E-state index in [1.165, 1.54) is 12.8 Å². The maximum atomic E-state index is 5.79. The van der Waals surface area contributed by atoms with Gasteiger partial charge in [-0.2, -0.15) is 0 Å². The fraction of sp³-hybridized carbons (Fsp3) is 0.667. The van der Waals surface area contributed by atoms with E-state index in [1.54, 1.807) is 0 Å². The molecule has 4 nitrogen and oxygen atoms in total. The molecule has 1 heterocycles. The highest BCUT2D eigenvalue weighted by Crippen LogP contribution is 2.24. The molecule has 1 fully saturated rings. The molecule has 0 amide bonds. The minimum atomic E-state index is 0.471. The fourth-order valence-corrected chi connectivity index (χ4v) is 1.96. The van der Waals surface area contributed by atoms with Gasteiger partial charge in [0.15, 0.2) is 0 Å². The van der Waals surface area contributed by atoms with Gasteiger partial charge in [0.2, 0.25) is 0 Å². The van der Waals surface area contributed by atoms with E-state index in [0.717, 1.165) is 37.2 Å². The molecule has 1 aromatic rings. The Morgan fingerprint density at radius 3 is 2.95 bits per heavy atom. The van der Waals surface area contributed by atoms with Gasteiger partial charge in [0.1, 0.15) is 12.4 Å². The molecule has 0 unspecified atom stereocenters. The number of nitrogens with one attached hydrogen (secondary N) is 1. The molecule has 0 spiro atoms. The first-order valence-electron chi connectivity index (χ1n) is 7.16. The van der Waals surface area contributed by atoms with Gasteiger partial charge >= 0.3 is 0 Å². The van der Waals surface area contributed by atoms with Gasteiger partial charge in [-0.25, -0.2) is 0 Å². The van der Waals surface area contributed by atoms with Gasteiger partial charge in [-0.05, 0) is 26.0 Å². The minimum absolute atomic E-state index is 0.471. The van der Waals surface area contributed by atoms with Crippen molar-refractivity contribution in [3.05, 3.63) is 24.0 Å². The van der Waals surface area contributed by atoms with Crippen molar-refractivity contribution >= 4 is 0 Å². The van der Waals surface area contributed by atoms with Crippen LogP contribution in [-0.4, -0.2) is 42.2 Å². The van der Waals surface area contributed by atoms with Crippen LogP contribution in [-0.2, 0) is 6.54 Å². The van der Waals surface area contributed by atoms with Gasteiger partial charge in [0.05, 0.1) is 5.69 Å². The summed E-state index contributed by atoms with van der Waals surface area (Å²) in [5.41, 5.74) is 1.03. The molecule has 1 saturated carbocycles. The van der Waals surface area contributed by atoms with Crippen LogP contribution in [0.2, 0.25) is 0 Å². The highest BCUT2D eigenvalue weighted by atomic mass is 16.5. The molecule has 1 aliphatic carbocycles. The molecular weight excluding hydrogens is 238 g/mol. The zero-order valence-corrected chi connectivity index (χ0v) is 12.2. The number of rotatable bonds is 8. The number of hydrogen-bond donors (Lipinski definition) is 1. The normalized spacial score (nSPS) is 15.2. The lowest BCUT2D eigenvalue weighted by Gasteiger charge is -2.16. The summed E-state index contributed by atoms with van der Waals surface area (Å²) in [6.45, 7) is 6.79. The zero-order valence-electron chi connectivity index (χ0n) is 12.2. The first-order chi connectivity index (χ1) is 9.15. The fourth-order valence-electron chi connectivity index (χ4n) is 1.96. The Bertz CT molecular complexity index is 391. The molecule has 1 N–H and O–H groups in total. The Hall–Kier alpha value is -1.13. The second-order valence-corrected chi connectivity index (χ2v) is 5.58. The van der Waals surface area contributed by atoms with Crippen molar-refractivity contribution in [3.8, 4) is 5.75 Å². The molecule has 0 radical (unpaired) electrons. The van der Waals surface area contributed by atoms with Crippen molar-refractivity contribution < 1.29 is 4.74 Å². The molecule has 0 saturated heterocycles. The largest absolute Gasteiger partial charge is 0.492 e. The van der Waals surface area contributed by atoms with Crippen molar-refractivity contribution in [2.24, 2.45) is 0 Å². The molecule has 19 heavy (non-hydrogen) atoms. The second kappa shape index (κ2) is 6.87. The number of hydrogen-bond acceptors (Lipinski definition) is 4. The molecule has 0 atom stereocenters. The topological polar surface area (TPSA) is 37.4 Å². The van der Waals surface area contributed by atoms with E-state index in [9.17, 15) is 0 Å². The van der Waals surface area contributed by atoms with E-state index in [2.05, 4.69) is 36.1 Å². The highest BCUT2D eigenvalue weighted by Gasteiger charge is 2.25. The van der Waals surface area contributed by atoms with E-state index in [-0.39, 0.29) is 0 Å². The van der Waals surface area contributed by atoms with Crippen LogP contribution in [0.5, 0.6) is 5.75 Å². The molecule has 4 heteroatoms. The lowest BCUT2D eigenvalue weighted by Crippen LogP contribution is -2.26. The van der Waals surface area contributed by atoms with Gasteiger partial charge in [0, 0.05) is 37.4 Å². The molecule has 0 bridgehead atoms. The number of pyridine rings is 1. The van der Waals surface area contributed by atoms with Crippen molar-refractivity contribution in [1.29, 1.82) is 0 Å². The summed E-state index contributed by atoms with van der Waals surface area (Å²) in [5.74, 6) is 0.916. The predicted octanol–water partition coefficient (Wildman–Crippen LogP) is 2.05. The van der Waals surface area contributed by atoms with Crippen molar-refractivity contribution in [1.82, 2.24) is 15.2 Å². The average molecular weight is 263 g/mol. The van der Waals surface area contributed by atoms with Crippen LogP contribution in [0, 0.1) is 0 Å². The molecule has 1 aliphatic rings. The third-order valence-corrected chi connectivity index (χ3v) is 3.36. The van der Waals surface area contributed by atoms with E-state index in [1.807, 2.05) is 18.3 Å². The first kappa shape index (κ1) is 14.3. The van der Waals surface area contributed by atoms with Crippen LogP contribution in [0.3, 0.4) is 0 Å². The number of likely N-dealkylation sites (N-methyl/N-ethyl adjacent to an activating group) is 1. The molecule has 0 aromatic carbocycles. The Labute approximate surface area is 116 Å². The van der Waals surface area contributed by atoms with Crippen LogP contribution in [0.25, 0.3) is 0 Å². The third-order valence-electron chi connectivity index (χ3n) is 3.36. The SMILES string of the molecule is CC(C)NCc1cc(OCCN(C)C2CC2)ccn1. The van der Waals surface area contributed by atoms with Gasteiger partial charge in [-0.3, -0.25) is 4.98 Å². The van der Waals surface area contributed by atoms with Gasteiger partial charge in [-0.15, -0.1) is 0 Å². The monoisotopic (exact) mass is 263 g/mol. The molecule has 1 aromatic heterocycles. The maximum absolute atomic E-state index is 5.79. The lowest BCUT2D eigenvalue weighted by atomic mass is 10.3. The number of nitrogens with zero attached hydrogens (tertiary/aromatic N) is 2. The van der Waals surface area contributed by atoms with Crippen LogP contribution in [0.15, 0.2) is 18.3 Å². The summed E-state index contributed by atoms with van der Waals surface area (Å²) in [6, 6.07) is 5.22. The molecule has 0 aliphatic heterocycles. The van der Waals surface area contributed by atoms with E-state index < -0.39 is 0 Å². The third kappa shape index (κ3) is 5.17. The minimum Gasteiger partial charge on any atom is -0.492 e. The van der Waals surface area contributed by atoms with Crippen LogP contribution in [0.1, 0.15) is 32.4 Å². The zero-order chi connectivity index (χ0) is 13.7. The molecular formula is C15H25N3O. The van der Waals surface area contributed by atoms with Gasteiger partial charge in [0.25, 0.3) is 0 Å². The van der Waals surface area contributed by atoms with Crippen molar-refractivity contribution in [2.75, 3.05) is 20.2 Å². The number of ether oxygens (including phenoxy) is 1. The van der Waals surface area contributed by atoms with E-state index in [0.29, 0.717) is 6.04 Å². The first-order valence-corrected chi connectivity index (χ1v) is 7.16. The van der Waals surface area contributed by atoms with E-state index in [4.69, 9.17) is 4.74 Å². The summed E-state index contributed by atoms with van der Waals surface area (Å²) < 4.78 is 5.79. The number of aromatic nitrogens is 1. The maximum Gasteiger partial charge on any atom is 0.122 e. The lowest BCUT2D eigenvalue weighted by molar-refractivity contribution is 0.231.